The molecule has 0 radical (unpaired) electrons. The van der Waals surface area contributed by atoms with Crippen molar-refractivity contribution in [1.29, 1.82) is 0 Å². The van der Waals surface area contributed by atoms with E-state index in [1.807, 2.05) is 6.92 Å². The van der Waals surface area contributed by atoms with Gasteiger partial charge in [0.1, 0.15) is 5.54 Å². The number of likely N-dealkylation sites (tertiary alicyclic amines) is 1. The summed E-state index contributed by atoms with van der Waals surface area (Å²) in [5.41, 5.74) is -0.773. The fourth-order valence-corrected chi connectivity index (χ4v) is 2.34. The first-order chi connectivity index (χ1) is 7.50. The Hall–Kier alpha value is -0.610. The molecule has 0 aromatic rings. The highest BCUT2D eigenvalue weighted by atomic mass is 16.5. The number of hydrogen-bond acceptors (Lipinski definition) is 3. The lowest BCUT2D eigenvalue weighted by Gasteiger charge is -2.42. The van der Waals surface area contributed by atoms with E-state index >= 15 is 0 Å². The largest absolute Gasteiger partial charge is 0.480 e. The van der Waals surface area contributed by atoms with Gasteiger partial charge in [0.15, 0.2) is 0 Å². The van der Waals surface area contributed by atoms with Gasteiger partial charge in [-0.15, -0.1) is 0 Å². The van der Waals surface area contributed by atoms with Gasteiger partial charge in [0, 0.05) is 20.3 Å². The molecule has 2 unspecified atom stereocenters. The maximum absolute atomic E-state index is 11.4. The summed E-state index contributed by atoms with van der Waals surface area (Å²) in [6.45, 7) is 6.26. The molecule has 2 atom stereocenters. The second-order valence-electron chi connectivity index (χ2n) is 5.02. The molecule has 0 aromatic carbocycles. The van der Waals surface area contributed by atoms with Crippen LogP contribution in [0.1, 0.15) is 33.1 Å². The normalized spacial score (nSPS) is 26.3. The molecule has 94 valence electrons. The minimum atomic E-state index is -0.773. The molecule has 1 rings (SSSR count). The fourth-order valence-electron chi connectivity index (χ4n) is 2.34. The molecule has 4 nitrogen and oxygen atoms in total. The molecule has 1 aliphatic rings. The van der Waals surface area contributed by atoms with Crippen molar-refractivity contribution in [3.05, 3.63) is 0 Å². The summed E-state index contributed by atoms with van der Waals surface area (Å²) in [4.78, 5) is 13.5. The van der Waals surface area contributed by atoms with Crippen LogP contribution in [0.5, 0.6) is 0 Å². The van der Waals surface area contributed by atoms with Crippen LogP contribution < -0.4 is 0 Å². The number of piperidine rings is 1. The predicted octanol–water partition coefficient (Wildman–Crippen LogP) is 1.60. The molecule has 1 N–H and O–H groups in total. The summed E-state index contributed by atoms with van der Waals surface area (Å²) in [5.74, 6) is -0.145. The third-order valence-corrected chi connectivity index (χ3v) is 3.61. The highest BCUT2D eigenvalue weighted by Crippen LogP contribution is 2.26. The Morgan fingerprint density at radius 1 is 1.62 bits per heavy atom. The van der Waals surface area contributed by atoms with Crippen LogP contribution in [0.2, 0.25) is 0 Å². The van der Waals surface area contributed by atoms with E-state index in [0.717, 1.165) is 19.5 Å². The molecule has 0 aliphatic carbocycles. The van der Waals surface area contributed by atoms with Gasteiger partial charge in [0.2, 0.25) is 0 Å². The predicted molar refractivity (Wildman–Crippen MR) is 62.5 cm³/mol. The molecule has 0 spiro atoms. The zero-order valence-corrected chi connectivity index (χ0v) is 10.5. The van der Waals surface area contributed by atoms with E-state index in [1.54, 1.807) is 7.11 Å². The van der Waals surface area contributed by atoms with Gasteiger partial charge in [-0.3, -0.25) is 9.69 Å². The van der Waals surface area contributed by atoms with Crippen molar-refractivity contribution >= 4 is 5.97 Å². The Kier molecular flexibility index (Phi) is 4.74. The van der Waals surface area contributed by atoms with E-state index in [1.165, 1.54) is 6.42 Å². The average molecular weight is 229 g/mol. The second-order valence-corrected chi connectivity index (χ2v) is 5.02. The fraction of sp³-hybridized carbons (Fsp3) is 0.917. The van der Waals surface area contributed by atoms with Crippen LogP contribution in [0.15, 0.2) is 0 Å². The highest BCUT2D eigenvalue weighted by Gasteiger charge is 2.40. The molecule has 16 heavy (non-hydrogen) atoms. The number of hydrogen-bond donors (Lipinski definition) is 1. The summed E-state index contributed by atoms with van der Waals surface area (Å²) in [5, 5.41) is 9.40. The lowest BCUT2D eigenvalue weighted by atomic mass is 9.90. The Labute approximate surface area is 97.6 Å². The Morgan fingerprint density at radius 3 is 2.81 bits per heavy atom. The van der Waals surface area contributed by atoms with Crippen molar-refractivity contribution in [2.24, 2.45) is 5.92 Å². The SMILES string of the molecule is COCCC(C)(C(=O)O)N1CCCC(C)C1. The summed E-state index contributed by atoms with van der Waals surface area (Å²) < 4.78 is 5.02. The van der Waals surface area contributed by atoms with E-state index in [0.29, 0.717) is 18.9 Å². The smallest absolute Gasteiger partial charge is 0.323 e. The van der Waals surface area contributed by atoms with E-state index in [9.17, 15) is 9.90 Å². The standard InChI is InChI=1S/C12H23NO3/c1-10-5-4-7-13(9-10)12(2,11(14)15)6-8-16-3/h10H,4-9H2,1-3H3,(H,14,15). The molecule has 1 saturated heterocycles. The first-order valence-corrected chi connectivity index (χ1v) is 5.98. The number of carboxylic acids is 1. The van der Waals surface area contributed by atoms with Gasteiger partial charge < -0.3 is 9.84 Å². The third kappa shape index (κ3) is 2.95. The molecule has 1 heterocycles. The highest BCUT2D eigenvalue weighted by molar-refractivity contribution is 5.78. The Bertz CT molecular complexity index is 244. The zero-order chi connectivity index (χ0) is 12.2. The van der Waals surface area contributed by atoms with Gasteiger partial charge >= 0.3 is 5.97 Å². The minimum absolute atomic E-state index is 0.494. The van der Waals surface area contributed by atoms with E-state index in [-0.39, 0.29) is 0 Å². The molecule has 0 bridgehead atoms. The van der Waals surface area contributed by atoms with Crippen LogP contribution in [-0.2, 0) is 9.53 Å². The number of nitrogens with zero attached hydrogens (tertiary/aromatic N) is 1. The van der Waals surface area contributed by atoms with Crippen molar-refractivity contribution in [2.75, 3.05) is 26.8 Å². The molecule has 4 heteroatoms. The quantitative estimate of drug-likeness (QED) is 0.778. The van der Waals surface area contributed by atoms with E-state index in [2.05, 4.69) is 11.8 Å². The average Bonchev–Trinajstić information content (AvgIpc) is 2.25. The van der Waals surface area contributed by atoms with Crippen molar-refractivity contribution in [3.63, 3.8) is 0 Å². The van der Waals surface area contributed by atoms with E-state index in [4.69, 9.17) is 4.74 Å². The van der Waals surface area contributed by atoms with Crippen molar-refractivity contribution < 1.29 is 14.6 Å². The molecular weight excluding hydrogens is 206 g/mol. The molecule has 0 saturated carbocycles. The van der Waals surface area contributed by atoms with E-state index < -0.39 is 11.5 Å². The van der Waals surface area contributed by atoms with Crippen molar-refractivity contribution in [3.8, 4) is 0 Å². The number of rotatable bonds is 5. The number of methoxy groups -OCH3 is 1. The first-order valence-electron chi connectivity index (χ1n) is 5.98. The molecule has 0 amide bonds. The van der Waals surface area contributed by atoms with Crippen LogP contribution in [-0.4, -0.2) is 48.3 Å². The molecular formula is C12H23NO3. The summed E-state index contributed by atoms with van der Waals surface area (Å²) >= 11 is 0. The maximum atomic E-state index is 11.4. The summed E-state index contributed by atoms with van der Waals surface area (Å²) in [6, 6.07) is 0. The third-order valence-electron chi connectivity index (χ3n) is 3.61. The number of carboxylic acid groups (broad SMARTS) is 1. The monoisotopic (exact) mass is 229 g/mol. The van der Waals surface area contributed by atoms with Gasteiger partial charge in [-0.2, -0.15) is 0 Å². The van der Waals surface area contributed by atoms with Gasteiger partial charge in [-0.25, -0.2) is 0 Å². The lowest BCUT2D eigenvalue weighted by Crippen LogP contribution is -2.56. The number of ether oxygens (including phenoxy) is 1. The van der Waals surface area contributed by atoms with Gasteiger partial charge in [0.05, 0.1) is 0 Å². The van der Waals surface area contributed by atoms with Crippen LogP contribution in [0.3, 0.4) is 0 Å². The summed E-state index contributed by atoms with van der Waals surface area (Å²) in [7, 11) is 1.61. The summed E-state index contributed by atoms with van der Waals surface area (Å²) in [6.07, 6.45) is 2.85. The molecule has 0 aromatic heterocycles. The topological polar surface area (TPSA) is 49.8 Å². The maximum Gasteiger partial charge on any atom is 0.323 e. The molecule has 1 aliphatic heterocycles. The lowest BCUT2D eigenvalue weighted by molar-refractivity contribution is -0.153. The van der Waals surface area contributed by atoms with Crippen molar-refractivity contribution in [1.82, 2.24) is 4.90 Å². The van der Waals surface area contributed by atoms with Gasteiger partial charge in [0.25, 0.3) is 0 Å². The minimum Gasteiger partial charge on any atom is -0.480 e. The Morgan fingerprint density at radius 2 is 2.31 bits per heavy atom. The van der Waals surface area contributed by atoms with Gasteiger partial charge in [-0.1, -0.05) is 6.92 Å². The number of aliphatic carboxylic acids is 1. The van der Waals surface area contributed by atoms with Crippen LogP contribution >= 0.6 is 0 Å². The Balaban J connectivity index is 2.71. The molecule has 1 fully saturated rings. The van der Waals surface area contributed by atoms with Gasteiger partial charge in [-0.05, 0) is 38.6 Å². The van der Waals surface area contributed by atoms with Crippen LogP contribution in [0.25, 0.3) is 0 Å². The van der Waals surface area contributed by atoms with Crippen LogP contribution in [0.4, 0.5) is 0 Å². The van der Waals surface area contributed by atoms with Crippen molar-refractivity contribution in [2.45, 2.75) is 38.6 Å². The second kappa shape index (κ2) is 5.64. The first kappa shape index (κ1) is 13.5. The number of carbonyl (C=O) groups is 1. The van der Waals surface area contributed by atoms with Crippen LogP contribution in [0, 0.1) is 5.92 Å². The zero-order valence-electron chi connectivity index (χ0n) is 10.5.